The summed E-state index contributed by atoms with van der Waals surface area (Å²) in [6.45, 7) is 3.70. The van der Waals surface area contributed by atoms with Gasteiger partial charge in [0, 0.05) is 0 Å². The van der Waals surface area contributed by atoms with E-state index in [2.05, 4.69) is 25.9 Å². The van der Waals surface area contributed by atoms with Crippen molar-refractivity contribution >= 4 is 26.8 Å². The summed E-state index contributed by atoms with van der Waals surface area (Å²) >= 11 is 1.37. The molecule has 0 saturated carbocycles. The quantitative estimate of drug-likeness (QED) is 0.791. The van der Waals surface area contributed by atoms with E-state index in [0.29, 0.717) is 5.82 Å². The average molecular weight is 382 g/mol. The summed E-state index contributed by atoms with van der Waals surface area (Å²) in [5.74, 6) is 0.494. The van der Waals surface area contributed by atoms with Crippen molar-refractivity contribution in [3.05, 3.63) is 36.8 Å². The molecule has 0 aromatic carbocycles. The molecule has 2 aromatic heterocycles. The van der Waals surface area contributed by atoms with Gasteiger partial charge in [-0.15, -0.1) is 0 Å². The fourth-order valence-corrected chi connectivity index (χ4v) is 2.27. The van der Waals surface area contributed by atoms with Crippen molar-refractivity contribution in [3.8, 4) is 0 Å². The first kappa shape index (κ1) is 11.0. The van der Waals surface area contributed by atoms with Crippen LogP contribution in [0.1, 0.15) is 5.56 Å². The van der Waals surface area contributed by atoms with Crippen molar-refractivity contribution in [1.82, 2.24) is 15.0 Å². The molecule has 0 atom stereocenters. The fraction of sp³-hybridized carbons (Fsp3) is 0. The number of anilines is 1. The van der Waals surface area contributed by atoms with Gasteiger partial charge in [0.15, 0.2) is 0 Å². The zero-order valence-electron chi connectivity index (χ0n) is 8.47. The molecule has 5 heteroatoms. The summed E-state index contributed by atoms with van der Waals surface area (Å²) in [4.78, 5) is 11.2. The van der Waals surface area contributed by atoms with Crippen LogP contribution in [0.15, 0.2) is 31.3 Å². The topological polar surface area (TPSA) is 67.6 Å². The van der Waals surface area contributed by atoms with Gasteiger partial charge in [-0.05, 0) is 0 Å². The SMILES string of the molecule is C=C/C=C(\[CH]=[W])c1c[nH]c2ncnc(N)c12. The molecule has 3 N–H and O–H groups in total. The van der Waals surface area contributed by atoms with Crippen LogP contribution in [0.3, 0.4) is 0 Å². The van der Waals surface area contributed by atoms with Gasteiger partial charge in [-0.25, -0.2) is 0 Å². The molecule has 0 fully saturated rings. The summed E-state index contributed by atoms with van der Waals surface area (Å²) in [6.07, 6.45) is 7.05. The first-order chi connectivity index (χ1) is 7.77. The van der Waals surface area contributed by atoms with Crippen LogP contribution in [0, 0.1) is 0 Å². The summed E-state index contributed by atoms with van der Waals surface area (Å²) in [7, 11) is 0. The Bertz CT molecular complexity index is 583. The number of allylic oxidation sites excluding steroid dienone is 3. The van der Waals surface area contributed by atoms with Crippen molar-refractivity contribution in [1.29, 1.82) is 0 Å². The Labute approximate surface area is 104 Å². The number of hydrogen-bond donors (Lipinski definition) is 2. The molecular weight excluding hydrogens is 372 g/mol. The van der Waals surface area contributed by atoms with Gasteiger partial charge >= 0.3 is 104 Å². The van der Waals surface area contributed by atoms with Gasteiger partial charge in [0.1, 0.15) is 0 Å². The second-order valence-electron chi connectivity index (χ2n) is 3.16. The van der Waals surface area contributed by atoms with Gasteiger partial charge < -0.3 is 0 Å². The number of aromatic nitrogens is 3. The zero-order chi connectivity index (χ0) is 11.5. The molecule has 0 unspecified atom stereocenters. The monoisotopic (exact) mass is 382 g/mol. The molecule has 4 nitrogen and oxygen atoms in total. The molecule has 0 spiro atoms. The summed E-state index contributed by atoms with van der Waals surface area (Å²) in [6, 6.07) is 0. The summed E-state index contributed by atoms with van der Waals surface area (Å²) in [5.41, 5.74) is 8.72. The van der Waals surface area contributed by atoms with Crippen molar-refractivity contribution in [2.45, 2.75) is 0 Å². The van der Waals surface area contributed by atoms with Crippen LogP contribution in [0.25, 0.3) is 16.6 Å². The number of hydrogen-bond acceptors (Lipinski definition) is 3. The van der Waals surface area contributed by atoms with E-state index >= 15 is 0 Å². The van der Waals surface area contributed by atoms with E-state index in [-0.39, 0.29) is 0 Å². The second-order valence-corrected chi connectivity index (χ2v) is 4.01. The fourth-order valence-electron chi connectivity index (χ4n) is 1.53. The van der Waals surface area contributed by atoms with Crippen LogP contribution in [-0.2, 0) is 19.4 Å². The number of aromatic amines is 1. The van der Waals surface area contributed by atoms with Crippen LogP contribution in [0.4, 0.5) is 5.82 Å². The number of nitrogen functional groups attached to an aromatic ring is 1. The van der Waals surface area contributed by atoms with E-state index in [9.17, 15) is 0 Å². The minimum atomic E-state index is 0.494. The molecule has 0 amide bonds. The van der Waals surface area contributed by atoms with Gasteiger partial charge in [0.2, 0.25) is 0 Å². The molecule has 80 valence electrons. The van der Waals surface area contributed by atoms with E-state index < -0.39 is 0 Å². The number of H-pyrrole nitrogens is 1. The van der Waals surface area contributed by atoms with Crippen LogP contribution in [-0.4, -0.2) is 19.4 Å². The van der Waals surface area contributed by atoms with Gasteiger partial charge in [0.25, 0.3) is 0 Å². The Morgan fingerprint density at radius 2 is 2.31 bits per heavy atom. The average Bonchev–Trinajstić information content (AvgIpc) is 2.71. The van der Waals surface area contributed by atoms with Crippen LogP contribution < -0.4 is 5.73 Å². The predicted molar refractivity (Wildman–Crippen MR) is 62.5 cm³/mol. The third-order valence-corrected chi connectivity index (χ3v) is 3.15. The van der Waals surface area contributed by atoms with Crippen LogP contribution in [0.5, 0.6) is 0 Å². The Morgan fingerprint density at radius 1 is 1.50 bits per heavy atom. The Kier molecular flexibility index (Phi) is 3.11. The third-order valence-electron chi connectivity index (χ3n) is 2.23. The van der Waals surface area contributed by atoms with Gasteiger partial charge in [-0.2, -0.15) is 0 Å². The number of nitrogens with one attached hydrogen (secondary N) is 1. The third kappa shape index (κ3) is 1.76. The number of rotatable bonds is 3. The number of fused-ring (bicyclic) bond motifs is 1. The maximum absolute atomic E-state index is 5.86. The Hall–Kier alpha value is -1.54. The molecule has 0 aliphatic rings. The molecule has 2 rings (SSSR count). The first-order valence-electron chi connectivity index (χ1n) is 4.63. The molecular formula is C11H10N4W. The van der Waals surface area contributed by atoms with Crippen LogP contribution >= 0.6 is 0 Å². The molecule has 2 aromatic rings. The van der Waals surface area contributed by atoms with Gasteiger partial charge in [-0.3, -0.25) is 0 Å². The van der Waals surface area contributed by atoms with Crippen LogP contribution in [0.2, 0.25) is 0 Å². The summed E-state index contributed by atoms with van der Waals surface area (Å²) in [5, 5.41) is 0.869. The van der Waals surface area contributed by atoms with E-state index in [1.165, 1.54) is 25.7 Å². The molecule has 0 saturated heterocycles. The van der Waals surface area contributed by atoms with Crippen molar-refractivity contribution in [2.24, 2.45) is 0 Å². The molecule has 0 radical (unpaired) electrons. The number of nitrogens with two attached hydrogens (primary N) is 1. The normalized spacial score (nSPS) is 11.6. The van der Waals surface area contributed by atoms with E-state index in [4.69, 9.17) is 5.73 Å². The second kappa shape index (κ2) is 4.54. The standard InChI is InChI=1S/C11H10N4.W/c1-3-4-7(2)8-5-13-11-9(8)10(12)14-6-15-11;/h2-6H,1H2,(H3,12,13,14,15);/b7-4+;. The molecule has 16 heavy (non-hydrogen) atoms. The molecule has 0 bridgehead atoms. The Balaban J connectivity index is 2.74. The van der Waals surface area contributed by atoms with E-state index in [0.717, 1.165) is 22.2 Å². The Morgan fingerprint density at radius 3 is 3.00 bits per heavy atom. The van der Waals surface area contributed by atoms with E-state index in [1.54, 1.807) is 6.08 Å². The zero-order valence-corrected chi connectivity index (χ0v) is 11.4. The first-order valence-corrected chi connectivity index (χ1v) is 6.33. The maximum atomic E-state index is 5.86. The van der Waals surface area contributed by atoms with Crippen molar-refractivity contribution < 1.29 is 19.4 Å². The number of nitrogens with zero attached hydrogens (tertiary/aromatic N) is 2. The van der Waals surface area contributed by atoms with Gasteiger partial charge in [0.05, 0.1) is 0 Å². The molecule has 0 aliphatic heterocycles. The predicted octanol–water partition coefficient (Wildman–Crippen LogP) is 1.46. The summed E-state index contributed by atoms with van der Waals surface area (Å²) < 4.78 is 2.08. The van der Waals surface area contributed by atoms with Gasteiger partial charge in [-0.1, -0.05) is 0 Å². The van der Waals surface area contributed by atoms with E-state index in [1.807, 2.05) is 12.3 Å². The van der Waals surface area contributed by atoms with Crippen molar-refractivity contribution in [3.63, 3.8) is 0 Å². The molecule has 2 heterocycles. The minimum absolute atomic E-state index is 0.494. The van der Waals surface area contributed by atoms with Crippen molar-refractivity contribution in [2.75, 3.05) is 5.73 Å². The molecule has 0 aliphatic carbocycles.